The van der Waals surface area contributed by atoms with Crippen LogP contribution in [-0.2, 0) is 49.5 Å². The Kier molecular flexibility index (Phi) is 33.4. The van der Waals surface area contributed by atoms with Gasteiger partial charge in [0.25, 0.3) is 5.91 Å². The molecule has 3 heterocycles. The second-order valence-corrected chi connectivity index (χ2v) is 27.6. The molecule has 2 aromatic rings. The van der Waals surface area contributed by atoms with Gasteiger partial charge >= 0.3 is 18.1 Å². The number of carboxylic acids is 1. The Morgan fingerprint density at radius 3 is 2.18 bits per heavy atom. The average molecular weight is 1390 g/mol. The number of amides is 11. The molecule has 3 aliphatic rings. The molecule has 11 amide bonds. The molecule has 1 aromatic carbocycles. The molecule has 5 rings (SSSR count). The Bertz CT molecular complexity index is 3310. The fourth-order valence-corrected chi connectivity index (χ4v) is 13.3. The summed E-state index contributed by atoms with van der Waals surface area (Å²) in [6.45, 7) is 15.8. The van der Waals surface area contributed by atoms with Crippen LogP contribution in [0.15, 0.2) is 114 Å². The first-order valence-corrected chi connectivity index (χ1v) is 35.4. The number of alkyl carbamates (subject to hydrolysis) is 1. The molecule has 2 saturated heterocycles. The number of nitrogens with zero attached hydrogens (tertiary/aromatic N) is 4. The van der Waals surface area contributed by atoms with Crippen molar-refractivity contribution in [2.75, 3.05) is 46.1 Å². The fourth-order valence-electron chi connectivity index (χ4n) is 11.4. The number of thiazole rings is 1. The smallest absolute Gasteiger partial charge is 0.407 e. The number of aliphatic carboxylic acids is 1. The second kappa shape index (κ2) is 40.9. The number of nitrogens with one attached hydrogen (secondary N) is 7. The molecule has 2 aliphatic heterocycles. The Hall–Kier alpha value is -8.69. The highest BCUT2D eigenvalue weighted by Crippen LogP contribution is 2.34. The van der Waals surface area contributed by atoms with Gasteiger partial charge in [0.1, 0.15) is 28.8 Å². The van der Waals surface area contributed by atoms with Crippen LogP contribution in [0, 0.1) is 17.8 Å². The number of carbonyl (C=O) groups is 11. The standard InChI is InChI=1S/C71H100N12O13S2/c1-11-46(6)61(80-64(88)54-30-23-25-37-81(54)9)68(91)82(10)55(44(2)3)41-56(96-71(95)73-8)66-78-53(43-97-66)63(87)76-50(39-47(7)69(92)93)40-48-32-34-49(35-33-48)75-62(86)52(29-26-36-74-70(72)94)77-65(89)60(45(4)5)79-58(84)31-22-19-24-38-83-59(85)42-57(67(83)90)98-51-27-20-17-15-13-12-14-16-18-21-28-51/h12-18,20-21,27-28,32-35,43-44,46-47,50,52,54-57,60-61H,4,11,19,22-26,29-31,36-42H2,1-3,5-10H3,(H,73,95)(H,75,86)(H,76,87)(H,77,89)(H,79,84)(H,80,88)(H,92,93)(H3,72,74,94)/b13-12-,14-12?,15-13?,16-14-,17-15-,18-16?,20-17?,21-18-,27-20?,28-21?,51-27?,51-28?/t46-,47-,50+,52-,54+,55+,56+,57?,60-,61-/m0/s1. The Morgan fingerprint density at radius 2 is 1.55 bits per heavy atom. The Labute approximate surface area is 583 Å². The van der Waals surface area contributed by atoms with Gasteiger partial charge in [-0.05, 0) is 119 Å². The normalized spacial score (nSPS) is 19.4. The van der Waals surface area contributed by atoms with Crippen molar-refractivity contribution in [2.24, 2.45) is 23.5 Å². The second-order valence-electron chi connectivity index (χ2n) is 25.4. The number of thioether (sulfide) groups is 1. The Balaban J connectivity index is 1.20. The summed E-state index contributed by atoms with van der Waals surface area (Å²) in [7, 11) is 4.99. The van der Waals surface area contributed by atoms with Crippen LogP contribution in [-0.4, -0.2) is 172 Å². The minimum absolute atomic E-state index is 0.0140. The molecule has 2 fully saturated rings. The molecule has 10 N–H and O–H groups in total. The van der Waals surface area contributed by atoms with Gasteiger partial charge in [-0.1, -0.05) is 127 Å². The number of piperidine rings is 1. The van der Waals surface area contributed by atoms with Crippen LogP contribution < -0.4 is 43.0 Å². The molecule has 1 aliphatic carbocycles. The quantitative estimate of drug-likeness (QED) is 0.0178. The predicted molar refractivity (Wildman–Crippen MR) is 380 cm³/mol. The molecule has 0 radical (unpaired) electrons. The van der Waals surface area contributed by atoms with Crippen molar-refractivity contribution in [1.29, 1.82) is 0 Å². The van der Waals surface area contributed by atoms with E-state index >= 15 is 0 Å². The van der Waals surface area contributed by atoms with E-state index in [0.29, 0.717) is 43.4 Å². The molecule has 0 bridgehead atoms. The molecule has 534 valence electrons. The van der Waals surface area contributed by atoms with Crippen LogP contribution in [0.2, 0.25) is 0 Å². The lowest BCUT2D eigenvalue weighted by Crippen LogP contribution is -2.58. The number of benzene rings is 1. The van der Waals surface area contributed by atoms with Gasteiger partial charge in [0.05, 0.1) is 17.2 Å². The zero-order valence-electron chi connectivity index (χ0n) is 57.8. The number of ether oxygens (including phenoxy) is 1. The van der Waals surface area contributed by atoms with Crippen molar-refractivity contribution < 1.29 is 62.6 Å². The van der Waals surface area contributed by atoms with Crippen molar-refractivity contribution in [1.82, 2.24) is 51.6 Å². The first kappa shape index (κ1) is 80.0. The number of imide groups is 1. The first-order chi connectivity index (χ1) is 46.7. The lowest BCUT2D eigenvalue weighted by molar-refractivity contribution is -0.142. The number of unbranched alkanes of at least 4 members (excludes halogenated alkanes) is 2. The van der Waals surface area contributed by atoms with Gasteiger partial charge in [-0.25, -0.2) is 14.6 Å². The van der Waals surface area contributed by atoms with Crippen LogP contribution in [0.4, 0.5) is 15.3 Å². The number of carboxylic acid groups (broad SMARTS) is 1. The van der Waals surface area contributed by atoms with E-state index in [0.717, 1.165) is 35.6 Å². The lowest BCUT2D eigenvalue weighted by Gasteiger charge is -2.38. The number of likely N-dealkylation sites (tertiary alicyclic amines) is 2. The molecule has 25 nitrogen and oxygen atoms in total. The van der Waals surface area contributed by atoms with Crippen LogP contribution in [0.1, 0.15) is 152 Å². The van der Waals surface area contributed by atoms with Crippen molar-refractivity contribution in [3.63, 3.8) is 0 Å². The first-order valence-electron chi connectivity index (χ1n) is 33.6. The third-order valence-electron chi connectivity index (χ3n) is 17.3. The summed E-state index contributed by atoms with van der Waals surface area (Å²) in [4.78, 5) is 157. The number of primary amides is 1. The molecular formula is C71H100N12O13S2. The van der Waals surface area contributed by atoms with Gasteiger partial charge in [-0.3, -0.25) is 53.0 Å². The van der Waals surface area contributed by atoms with Crippen molar-refractivity contribution in [2.45, 2.75) is 179 Å². The minimum atomic E-state index is -1.23. The number of aromatic nitrogens is 1. The molecule has 98 heavy (non-hydrogen) atoms. The van der Waals surface area contributed by atoms with E-state index in [4.69, 9.17) is 10.5 Å². The predicted octanol–water partition coefficient (Wildman–Crippen LogP) is 7.91. The third kappa shape index (κ3) is 26.0. The molecular weight excluding hydrogens is 1290 g/mol. The zero-order chi connectivity index (χ0) is 72.0. The number of allylic oxidation sites excluding steroid dienone is 11. The van der Waals surface area contributed by atoms with Crippen LogP contribution in [0.3, 0.4) is 0 Å². The van der Waals surface area contributed by atoms with E-state index < -0.39 is 89.2 Å². The maximum Gasteiger partial charge on any atom is 0.407 e. The maximum absolute atomic E-state index is 14.5. The molecule has 1 aromatic heterocycles. The van der Waals surface area contributed by atoms with Crippen LogP contribution in [0.25, 0.3) is 0 Å². The van der Waals surface area contributed by atoms with Gasteiger partial charge < -0.3 is 57.7 Å². The van der Waals surface area contributed by atoms with Crippen molar-refractivity contribution in [3.05, 3.63) is 130 Å². The van der Waals surface area contributed by atoms with Crippen molar-refractivity contribution in [3.8, 4) is 0 Å². The van der Waals surface area contributed by atoms with E-state index in [-0.39, 0.29) is 116 Å². The number of rotatable bonds is 36. The monoisotopic (exact) mass is 1390 g/mol. The third-order valence-corrected chi connectivity index (χ3v) is 19.5. The summed E-state index contributed by atoms with van der Waals surface area (Å²) < 4.78 is 5.88. The average Bonchev–Trinajstić information content (AvgIpc) is 1.41. The summed E-state index contributed by atoms with van der Waals surface area (Å²) >= 11 is 2.41. The van der Waals surface area contributed by atoms with E-state index in [9.17, 15) is 57.8 Å². The van der Waals surface area contributed by atoms with E-state index in [2.05, 4.69) is 48.8 Å². The summed E-state index contributed by atoms with van der Waals surface area (Å²) in [5.41, 5.74) is 6.52. The SMILES string of the molecule is C=C(C)[C@H](NC(=O)CCCCCN1C(=O)CC(SC2=C\C=C/C=C\C=C/C=C\C=C2)C1=O)C(=O)N[C@@H](CCCNC(N)=O)C(=O)Nc1ccc(C[C@@H](C[C@H](C)C(=O)O)NC(=O)c2csc([C@@H](C[C@H](C(C)C)N(C)C(=O)[C@@H](NC(=O)[C@H]3CCCCN3C)[C@@H](C)CC)OC(=O)NC)n2)cc1. The molecule has 0 spiro atoms. The minimum Gasteiger partial charge on any atom is -0.481 e. The summed E-state index contributed by atoms with van der Waals surface area (Å²) in [5, 5.41) is 30.4. The number of anilines is 1. The molecule has 1 unspecified atom stereocenters. The van der Waals surface area contributed by atoms with E-state index in [1.807, 2.05) is 106 Å². The number of hydrogen-bond donors (Lipinski definition) is 9. The topological polar surface area (TPSA) is 350 Å². The lowest BCUT2D eigenvalue weighted by atomic mass is 9.92. The van der Waals surface area contributed by atoms with Crippen molar-refractivity contribution >= 4 is 94.1 Å². The van der Waals surface area contributed by atoms with E-state index in [1.54, 1.807) is 43.1 Å². The summed E-state index contributed by atoms with van der Waals surface area (Å²) in [6.07, 6.45) is 24.2. The summed E-state index contributed by atoms with van der Waals surface area (Å²) in [5.74, 6) is -5.77. The highest BCUT2D eigenvalue weighted by atomic mass is 32.2. The van der Waals surface area contributed by atoms with Gasteiger partial charge in [0.15, 0.2) is 6.10 Å². The van der Waals surface area contributed by atoms with Gasteiger partial charge in [-0.15, -0.1) is 23.1 Å². The molecule has 0 saturated carbocycles. The van der Waals surface area contributed by atoms with Crippen LogP contribution in [0.5, 0.6) is 0 Å². The number of nitrogens with two attached hydrogens (primary N) is 1. The van der Waals surface area contributed by atoms with Crippen LogP contribution >= 0.6 is 23.1 Å². The number of likely N-dealkylation sites (N-methyl/N-ethyl adjacent to an activating group) is 2. The number of urea groups is 1. The fraction of sp³-hybridized carbons (Fsp3) is 0.521. The number of hydrogen-bond acceptors (Lipinski definition) is 16. The summed E-state index contributed by atoms with van der Waals surface area (Å²) in [6, 6.07) is 0.955. The highest BCUT2D eigenvalue weighted by molar-refractivity contribution is 8.04. The Morgan fingerprint density at radius 1 is 0.867 bits per heavy atom. The number of carbonyl (C=O) groups excluding carboxylic acids is 10. The zero-order valence-corrected chi connectivity index (χ0v) is 59.5. The van der Waals surface area contributed by atoms with Gasteiger partial charge in [-0.2, -0.15) is 0 Å². The largest absolute Gasteiger partial charge is 0.481 e. The maximum atomic E-state index is 14.5. The van der Waals surface area contributed by atoms with E-state index in [1.165, 1.54) is 36.0 Å². The molecule has 27 heteroatoms. The van der Waals surface area contributed by atoms with Gasteiger partial charge in [0, 0.05) is 74.5 Å². The molecule has 10 atom stereocenters. The van der Waals surface area contributed by atoms with Gasteiger partial charge in [0.2, 0.25) is 41.4 Å². The highest BCUT2D eigenvalue weighted by Gasteiger charge is 2.40.